The largest absolute Gasteiger partial charge is 0.272 e. The second kappa shape index (κ2) is 6.87. The van der Waals surface area contributed by atoms with Gasteiger partial charge in [-0.15, -0.1) is 0 Å². The van der Waals surface area contributed by atoms with Gasteiger partial charge in [-0.25, -0.2) is 0 Å². The molecule has 0 aromatic heterocycles. The van der Waals surface area contributed by atoms with E-state index in [2.05, 4.69) is 38.5 Å². The molecule has 0 aliphatic carbocycles. The molecule has 0 bridgehead atoms. The molecule has 6 heteroatoms. The van der Waals surface area contributed by atoms with Crippen LogP contribution in [0.1, 0.15) is 16.0 Å². The first-order valence-electron chi connectivity index (χ1n) is 5.80. The monoisotopic (exact) mass is 465 g/mol. The van der Waals surface area contributed by atoms with E-state index in [9.17, 15) is 10.1 Å². The van der Waals surface area contributed by atoms with Gasteiger partial charge in [0.25, 0.3) is 5.69 Å². The number of nitro benzene ring substituents is 1. The Labute approximate surface area is 143 Å². The summed E-state index contributed by atoms with van der Waals surface area (Å²) < 4.78 is 1.08. The third-order valence-electron chi connectivity index (χ3n) is 2.88. The number of rotatable bonds is 4. The Hall–Kier alpha value is -0.660. The molecule has 2 aromatic rings. The van der Waals surface area contributed by atoms with E-state index >= 15 is 0 Å². The fourth-order valence-corrected chi connectivity index (χ4v) is 3.97. The van der Waals surface area contributed by atoms with Gasteiger partial charge in [0.15, 0.2) is 0 Å². The predicted octanol–water partition coefficient (Wildman–Crippen LogP) is 5.53. The topological polar surface area (TPSA) is 43.1 Å². The van der Waals surface area contributed by atoms with E-state index in [1.54, 1.807) is 12.1 Å². The third-order valence-corrected chi connectivity index (χ3v) is 4.92. The molecule has 2 rings (SSSR count). The highest BCUT2D eigenvalue weighted by Crippen LogP contribution is 2.34. The summed E-state index contributed by atoms with van der Waals surface area (Å²) >= 11 is 11.9. The second-order valence-corrected chi connectivity index (χ2v) is 6.93. The fourth-order valence-electron chi connectivity index (χ4n) is 1.92. The Morgan fingerprint density at radius 1 is 1.30 bits per heavy atom. The van der Waals surface area contributed by atoms with Crippen LogP contribution in [0.2, 0.25) is 5.02 Å². The van der Waals surface area contributed by atoms with Crippen molar-refractivity contribution in [1.29, 1.82) is 0 Å². The van der Waals surface area contributed by atoms with Crippen LogP contribution in [-0.2, 0) is 6.42 Å². The lowest BCUT2D eigenvalue weighted by atomic mass is 10.0. The first-order chi connectivity index (χ1) is 9.49. The van der Waals surface area contributed by atoms with Crippen molar-refractivity contribution in [3.63, 3.8) is 0 Å². The number of benzene rings is 2. The zero-order valence-electron chi connectivity index (χ0n) is 10.2. The number of para-hydroxylation sites is 1. The van der Waals surface area contributed by atoms with Crippen LogP contribution in [0.5, 0.6) is 0 Å². The predicted molar refractivity (Wildman–Crippen MR) is 92.6 cm³/mol. The maximum Gasteiger partial charge on any atom is 0.272 e. The van der Waals surface area contributed by atoms with Crippen LogP contribution in [0, 0.1) is 13.7 Å². The Balaban J connectivity index is 2.30. The highest BCUT2D eigenvalue weighted by atomic mass is 127. The number of alkyl halides is 1. The van der Waals surface area contributed by atoms with Gasteiger partial charge in [-0.05, 0) is 52.8 Å². The summed E-state index contributed by atoms with van der Waals surface area (Å²) in [4.78, 5) is 10.7. The van der Waals surface area contributed by atoms with Crippen molar-refractivity contribution in [1.82, 2.24) is 0 Å². The Morgan fingerprint density at radius 2 is 2.00 bits per heavy atom. The SMILES string of the molecule is O=[N+]([O-])c1ccccc1CC(Br)c1cc(Cl)ccc1I. The maximum absolute atomic E-state index is 11.0. The molecule has 0 spiro atoms. The average molecular weight is 467 g/mol. The molecule has 0 aliphatic heterocycles. The summed E-state index contributed by atoms with van der Waals surface area (Å²) in [5, 5.41) is 11.7. The minimum Gasteiger partial charge on any atom is -0.258 e. The number of nitro groups is 1. The molecule has 0 fully saturated rings. The second-order valence-electron chi connectivity index (χ2n) is 4.22. The van der Waals surface area contributed by atoms with Crippen molar-refractivity contribution >= 4 is 55.8 Å². The van der Waals surface area contributed by atoms with Gasteiger partial charge < -0.3 is 0 Å². The van der Waals surface area contributed by atoms with E-state index in [0.29, 0.717) is 17.0 Å². The number of nitrogens with zero attached hydrogens (tertiary/aromatic N) is 1. The van der Waals surface area contributed by atoms with Crippen molar-refractivity contribution in [2.24, 2.45) is 0 Å². The summed E-state index contributed by atoms with van der Waals surface area (Å²) in [5.74, 6) is 0. The lowest BCUT2D eigenvalue weighted by Crippen LogP contribution is -2.01. The summed E-state index contributed by atoms with van der Waals surface area (Å²) in [6.07, 6.45) is 0.535. The minimum absolute atomic E-state index is 0.0193. The normalized spacial score (nSPS) is 12.2. The van der Waals surface area contributed by atoms with Gasteiger partial charge in [-0.2, -0.15) is 0 Å². The molecule has 3 nitrogen and oxygen atoms in total. The summed E-state index contributed by atoms with van der Waals surface area (Å²) in [6, 6.07) is 12.4. The van der Waals surface area contributed by atoms with Gasteiger partial charge in [-0.1, -0.05) is 45.7 Å². The van der Waals surface area contributed by atoms with E-state index in [4.69, 9.17) is 11.6 Å². The van der Waals surface area contributed by atoms with Gasteiger partial charge in [-0.3, -0.25) is 10.1 Å². The Morgan fingerprint density at radius 3 is 2.70 bits per heavy atom. The smallest absolute Gasteiger partial charge is 0.258 e. The molecule has 20 heavy (non-hydrogen) atoms. The van der Waals surface area contributed by atoms with Crippen LogP contribution in [0.15, 0.2) is 42.5 Å². The van der Waals surface area contributed by atoms with Gasteiger partial charge in [0.2, 0.25) is 0 Å². The third kappa shape index (κ3) is 3.71. The van der Waals surface area contributed by atoms with E-state index < -0.39 is 0 Å². The van der Waals surface area contributed by atoms with Crippen LogP contribution in [0.4, 0.5) is 5.69 Å². The van der Waals surface area contributed by atoms with Crippen molar-refractivity contribution in [3.05, 3.63) is 72.3 Å². The van der Waals surface area contributed by atoms with E-state index in [0.717, 1.165) is 9.13 Å². The zero-order valence-corrected chi connectivity index (χ0v) is 14.7. The molecular weight excluding hydrogens is 456 g/mol. The lowest BCUT2D eigenvalue weighted by molar-refractivity contribution is -0.385. The number of halogens is 3. The molecule has 1 atom stereocenters. The van der Waals surface area contributed by atoms with Crippen molar-refractivity contribution in [3.8, 4) is 0 Å². The highest BCUT2D eigenvalue weighted by Gasteiger charge is 2.18. The van der Waals surface area contributed by atoms with Crippen molar-refractivity contribution in [2.75, 3.05) is 0 Å². The summed E-state index contributed by atoms with van der Waals surface area (Å²) in [5.41, 5.74) is 1.89. The van der Waals surface area contributed by atoms with E-state index in [1.807, 2.05) is 24.3 Å². The molecule has 0 saturated carbocycles. The lowest BCUT2D eigenvalue weighted by Gasteiger charge is -2.13. The van der Waals surface area contributed by atoms with Gasteiger partial charge in [0.05, 0.1) is 4.92 Å². The Kier molecular flexibility index (Phi) is 5.40. The number of hydrogen-bond donors (Lipinski definition) is 0. The van der Waals surface area contributed by atoms with Crippen LogP contribution in [-0.4, -0.2) is 4.92 Å². The number of hydrogen-bond acceptors (Lipinski definition) is 2. The van der Waals surface area contributed by atoms with Crippen molar-refractivity contribution in [2.45, 2.75) is 11.2 Å². The first kappa shape index (κ1) is 15.7. The molecule has 0 N–H and O–H groups in total. The maximum atomic E-state index is 11.0. The van der Waals surface area contributed by atoms with Crippen LogP contribution < -0.4 is 0 Å². The van der Waals surface area contributed by atoms with Crippen LogP contribution >= 0.6 is 50.1 Å². The molecule has 0 aliphatic rings. The zero-order chi connectivity index (χ0) is 14.7. The Bertz CT molecular complexity index is 651. The van der Waals surface area contributed by atoms with Gasteiger partial charge in [0.1, 0.15) is 0 Å². The van der Waals surface area contributed by atoms with Crippen molar-refractivity contribution < 1.29 is 4.92 Å². The molecule has 1 unspecified atom stereocenters. The fraction of sp³-hybridized carbons (Fsp3) is 0.143. The van der Waals surface area contributed by atoms with Gasteiger partial charge in [0, 0.05) is 25.0 Å². The van der Waals surface area contributed by atoms with Crippen LogP contribution in [0.25, 0.3) is 0 Å². The molecule has 104 valence electrons. The van der Waals surface area contributed by atoms with E-state index in [1.165, 1.54) is 6.07 Å². The van der Waals surface area contributed by atoms with Gasteiger partial charge >= 0.3 is 0 Å². The minimum atomic E-state index is -0.349. The van der Waals surface area contributed by atoms with Crippen LogP contribution in [0.3, 0.4) is 0 Å². The standard InChI is InChI=1S/C14H10BrClINO2/c15-12(11-8-10(16)5-6-13(11)17)7-9-3-1-2-4-14(9)18(19)20/h1-6,8,12H,7H2. The van der Waals surface area contributed by atoms with E-state index in [-0.39, 0.29) is 15.4 Å². The molecule has 0 heterocycles. The molecule has 0 saturated heterocycles. The molecular formula is C14H10BrClINO2. The molecule has 0 amide bonds. The average Bonchev–Trinajstić information content (AvgIpc) is 2.41. The summed E-state index contributed by atoms with van der Waals surface area (Å²) in [7, 11) is 0. The highest BCUT2D eigenvalue weighted by molar-refractivity contribution is 14.1. The molecule has 2 aromatic carbocycles. The first-order valence-corrected chi connectivity index (χ1v) is 8.17. The summed E-state index contributed by atoms with van der Waals surface area (Å²) in [6.45, 7) is 0. The molecule has 0 radical (unpaired) electrons. The quantitative estimate of drug-likeness (QED) is 0.257.